The lowest BCUT2D eigenvalue weighted by atomic mass is 9.95. The van der Waals surface area contributed by atoms with E-state index >= 15 is 0 Å². The minimum absolute atomic E-state index is 0.140. The fourth-order valence-corrected chi connectivity index (χ4v) is 3.78. The third kappa shape index (κ3) is 3.45. The average molecular weight is 361 g/mol. The molecule has 0 saturated heterocycles. The van der Waals surface area contributed by atoms with Crippen LogP contribution in [-0.2, 0) is 17.6 Å². The number of carbonyl (C=O) groups is 2. The zero-order valence-corrected chi connectivity index (χ0v) is 15.6. The second-order valence-corrected chi connectivity index (χ2v) is 7.21. The van der Waals surface area contributed by atoms with Crippen LogP contribution in [0.2, 0.25) is 0 Å². The molecule has 0 bridgehead atoms. The number of aromatic amines is 1. The van der Waals surface area contributed by atoms with Crippen molar-refractivity contribution in [2.45, 2.75) is 39.5 Å². The fraction of sp³-hybridized carbons (Fsp3) is 0.273. The number of benzene rings is 2. The summed E-state index contributed by atoms with van der Waals surface area (Å²) in [7, 11) is 0. The summed E-state index contributed by atoms with van der Waals surface area (Å²) in [6.45, 7) is 3.39. The molecule has 0 saturated carbocycles. The normalized spacial score (nSPS) is 13.3. The molecule has 0 aliphatic heterocycles. The molecule has 0 spiro atoms. The zero-order valence-electron chi connectivity index (χ0n) is 15.6. The van der Waals surface area contributed by atoms with E-state index in [0.717, 1.165) is 29.3 Å². The number of fused-ring (bicyclic) bond motifs is 3. The van der Waals surface area contributed by atoms with Crippen molar-refractivity contribution in [1.82, 2.24) is 4.98 Å². The largest absolute Gasteiger partial charge is 0.358 e. The Kier molecular flexibility index (Phi) is 4.44. The number of aryl methyl sites for hydroxylation is 3. The van der Waals surface area contributed by atoms with Gasteiger partial charge in [0.2, 0.25) is 5.91 Å². The van der Waals surface area contributed by atoms with E-state index in [1.54, 1.807) is 6.07 Å². The van der Waals surface area contributed by atoms with Crippen molar-refractivity contribution in [3.63, 3.8) is 0 Å². The van der Waals surface area contributed by atoms with Gasteiger partial charge in [-0.3, -0.25) is 9.59 Å². The number of nitrogens with one attached hydrogen (secondary N) is 3. The minimum Gasteiger partial charge on any atom is -0.358 e. The minimum atomic E-state index is -0.147. The van der Waals surface area contributed by atoms with Crippen molar-refractivity contribution in [2.24, 2.45) is 0 Å². The highest BCUT2D eigenvalue weighted by molar-refractivity contribution is 6.07. The second kappa shape index (κ2) is 6.91. The van der Waals surface area contributed by atoms with Crippen LogP contribution in [0.4, 0.5) is 11.4 Å². The van der Waals surface area contributed by atoms with E-state index in [0.29, 0.717) is 16.9 Å². The first-order valence-corrected chi connectivity index (χ1v) is 9.34. The molecule has 3 N–H and O–H groups in total. The molecule has 1 aliphatic rings. The van der Waals surface area contributed by atoms with Gasteiger partial charge in [-0.2, -0.15) is 0 Å². The van der Waals surface area contributed by atoms with Gasteiger partial charge in [-0.25, -0.2) is 0 Å². The van der Waals surface area contributed by atoms with Crippen LogP contribution in [0.15, 0.2) is 36.4 Å². The van der Waals surface area contributed by atoms with Gasteiger partial charge in [0.1, 0.15) is 0 Å². The molecule has 2 amide bonds. The van der Waals surface area contributed by atoms with E-state index in [2.05, 4.69) is 15.6 Å². The smallest absolute Gasteiger partial charge is 0.255 e. The molecule has 0 unspecified atom stereocenters. The van der Waals surface area contributed by atoms with Crippen molar-refractivity contribution in [2.75, 3.05) is 10.6 Å². The van der Waals surface area contributed by atoms with Crippen LogP contribution < -0.4 is 10.6 Å². The highest BCUT2D eigenvalue weighted by Gasteiger charge is 2.17. The SMILES string of the molecule is CC(=O)Nc1ccc(C)c(NC(=O)c2ccc3[nH]c4c(c3c2)CCCC4)c1. The zero-order chi connectivity index (χ0) is 19.0. The quantitative estimate of drug-likeness (QED) is 0.639. The predicted molar refractivity (Wildman–Crippen MR) is 108 cm³/mol. The molecular weight excluding hydrogens is 338 g/mol. The molecule has 0 atom stereocenters. The molecule has 1 heterocycles. The molecule has 27 heavy (non-hydrogen) atoms. The Balaban J connectivity index is 1.62. The highest BCUT2D eigenvalue weighted by atomic mass is 16.2. The van der Waals surface area contributed by atoms with Crippen molar-refractivity contribution in [3.8, 4) is 0 Å². The number of carbonyl (C=O) groups excluding carboxylic acids is 2. The molecule has 5 heteroatoms. The number of aromatic nitrogens is 1. The van der Waals surface area contributed by atoms with E-state index in [4.69, 9.17) is 0 Å². The van der Waals surface area contributed by atoms with Gasteiger partial charge in [0, 0.05) is 40.5 Å². The van der Waals surface area contributed by atoms with Gasteiger partial charge in [-0.1, -0.05) is 6.07 Å². The summed E-state index contributed by atoms with van der Waals surface area (Å²) < 4.78 is 0. The first-order valence-electron chi connectivity index (χ1n) is 9.34. The van der Waals surface area contributed by atoms with Crippen molar-refractivity contribution in [1.29, 1.82) is 0 Å². The third-order valence-corrected chi connectivity index (χ3v) is 5.17. The lowest BCUT2D eigenvalue weighted by Crippen LogP contribution is -2.13. The molecule has 138 valence electrons. The Morgan fingerprint density at radius 2 is 1.81 bits per heavy atom. The van der Waals surface area contributed by atoms with Gasteiger partial charge < -0.3 is 15.6 Å². The molecule has 5 nitrogen and oxygen atoms in total. The maximum absolute atomic E-state index is 12.8. The molecule has 3 aromatic rings. The van der Waals surface area contributed by atoms with Crippen LogP contribution in [0.25, 0.3) is 10.9 Å². The standard InChI is InChI=1S/C22H23N3O2/c1-13-7-9-16(23-14(2)26)12-21(13)25-22(27)15-8-10-20-18(11-15)17-5-3-4-6-19(17)24-20/h7-12,24H,3-6H2,1-2H3,(H,23,26)(H,25,27). The summed E-state index contributed by atoms with van der Waals surface area (Å²) in [4.78, 5) is 27.6. The molecule has 1 aromatic heterocycles. The number of hydrogen-bond acceptors (Lipinski definition) is 2. The van der Waals surface area contributed by atoms with Crippen molar-refractivity contribution >= 4 is 34.1 Å². The maximum Gasteiger partial charge on any atom is 0.255 e. The van der Waals surface area contributed by atoms with Gasteiger partial charge in [0.15, 0.2) is 0 Å². The van der Waals surface area contributed by atoms with Crippen molar-refractivity contribution < 1.29 is 9.59 Å². The number of hydrogen-bond donors (Lipinski definition) is 3. The van der Waals surface area contributed by atoms with E-state index in [-0.39, 0.29) is 11.8 Å². The molecule has 2 aromatic carbocycles. The van der Waals surface area contributed by atoms with Gasteiger partial charge in [0.25, 0.3) is 5.91 Å². The topological polar surface area (TPSA) is 74.0 Å². The van der Waals surface area contributed by atoms with Crippen LogP contribution in [0.1, 0.15) is 46.9 Å². The average Bonchev–Trinajstić information content (AvgIpc) is 3.02. The Morgan fingerprint density at radius 1 is 1.00 bits per heavy atom. The van der Waals surface area contributed by atoms with E-state index < -0.39 is 0 Å². The van der Waals surface area contributed by atoms with Gasteiger partial charge in [-0.15, -0.1) is 0 Å². The first kappa shape index (κ1) is 17.3. The van der Waals surface area contributed by atoms with Crippen molar-refractivity contribution in [3.05, 3.63) is 58.8 Å². The summed E-state index contributed by atoms with van der Waals surface area (Å²) in [5, 5.41) is 6.88. The highest BCUT2D eigenvalue weighted by Crippen LogP contribution is 2.30. The van der Waals surface area contributed by atoms with Crippen LogP contribution >= 0.6 is 0 Å². The lowest BCUT2D eigenvalue weighted by molar-refractivity contribution is -0.114. The molecule has 0 fully saturated rings. The fourth-order valence-electron chi connectivity index (χ4n) is 3.78. The van der Waals surface area contributed by atoms with Gasteiger partial charge >= 0.3 is 0 Å². The predicted octanol–water partition coefficient (Wildman–Crippen LogP) is 4.57. The second-order valence-electron chi connectivity index (χ2n) is 7.21. The summed E-state index contributed by atoms with van der Waals surface area (Å²) in [6, 6.07) is 11.3. The Labute approximate surface area is 158 Å². The Hall–Kier alpha value is -3.08. The number of amides is 2. The molecule has 1 aliphatic carbocycles. The van der Waals surface area contributed by atoms with Crippen LogP contribution in [0.3, 0.4) is 0 Å². The Bertz CT molecular complexity index is 1050. The van der Waals surface area contributed by atoms with E-state index in [9.17, 15) is 9.59 Å². The van der Waals surface area contributed by atoms with Crippen LogP contribution in [0, 0.1) is 6.92 Å². The van der Waals surface area contributed by atoms with E-state index in [1.807, 2.05) is 37.3 Å². The lowest BCUT2D eigenvalue weighted by Gasteiger charge is -2.12. The van der Waals surface area contributed by atoms with Gasteiger partial charge in [0.05, 0.1) is 0 Å². The first-order chi connectivity index (χ1) is 13.0. The third-order valence-electron chi connectivity index (χ3n) is 5.17. The monoisotopic (exact) mass is 361 g/mol. The molecule has 4 rings (SSSR count). The van der Waals surface area contributed by atoms with Gasteiger partial charge in [-0.05, 0) is 74.1 Å². The number of H-pyrrole nitrogens is 1. The number of anilines is 2. The summed E-state index contributed by atoms with van der Waals surface area (Å²) in [6.07, 6.45) is 4.57. The number of rotatable bonds is 3. The summed E-state index contributed by atoms with van der Waals surface area (Å²) in [5.41, 5.74) is 6.71. The van der Waals surface area contributed by atoms with Crippen LogP contribution in [-0.4, -0.2) is 16.8 Å². The molecule has 0 radical (unpaired) electrons. The summed E-state index contributed by atoms with van der Waals surface area (Å²) >= 11 is 0. The van der Waals surface area contributed by atoms with Crippen LogP contribution in [0.5, 0.6) is 0 Å². The maximum atomic E-state index is 12.8. The summed E-state index contributed by atoms with van der Waals surface area (Å²) in [5.74, 6) is -0.287. The molecular formula is C22H23N3O2. The Morgan fingerprint density at radius 3 is 2.63 bits per heavy atom. The van der Waals surface area contributed by atoms with E-state index in [1.165, 1.54) is 31.0 Å².